The molecule has 1 fully saturated rings. The maximum absolute atomic E-state index is 13.0. The summed E-state index contributed by atoms with van der Waals surface area (Å²) in [5.74, 6) is -0.219. The Morgan fingerprint density at radius 3 is 2.23 bits per heavy atom. The molecule has 1 saturated heterocycles. The summed E-state index contributed by atoms with van der Waals surface area (Å²) in [4.78, 5) is 31.0. The lowest BCUT2D eigenvalue weighted by molar-refractivity contribution is -0.134. The third-order valence-corrected chi connectivity index (χ3v) is 5.61. The van der Waals surface area contributed by atoms with Crippen molar-refractivity contribution in [2.75, 3.05) is 51.6 Å². The van der Waals surface area contributed by atoms with Crippen molar-refractivity contribution in [3.8, 4) is 0 Å². The normalized spacial score (nSPS) is 14.7. The Bertz CT molecular complexity index is 888. The number of aryl methyl sites for hydroxylation is 2. The Balaban J connectivity index is 1.41. The van der Waals surface area contributed by atoms with Gasteiger partial charge in [0.25, 0.3) is 0 Å². The first-order chi connectivity index (χ1) is 14.8. The summed E-state index contributed by atoms with van der Waals surface area (Å²) in [7, 11) is 1.88. The Hall–Kier alpha value is -2.77. The van der Waals surface area contributed by atoms with Crippen molar-refractivity contribution in [3.05, 3.63) is 65.0 Å². The molecular weight excluding hydrogens is 395 g/mol. The van der Waals surface area contributed by atoms with Crippen LogP contribution in [0, 0.1) is 19.7 Å². The van der Waals surface area contributed by atoms with Gasteiger partial charge in [0.1, 0.15) is 5.82 Å². The van der Waals surface area contributed by atoms with Gasteiger partial charge in [0, 0.05) is 38.4 Å². The van der Waals surface area contributed by atoms with Crippen molar-refractivity contribution >= 4 is 17.5 Å². The highest BCUT2D eigenvalue weighted by molar-refractivity contribution is 5.93. The van der Waals surface area contributed by atoms with Crippen LogP contribution in [0.15, 0.2) is 42.5 Å². The lowest BCUT2D eigenvalue weighted by Crippen LogP contribution is -2.52. The van der Waals surface area contributed by atoms with Crippen molar-refractivity contribution < 1.29 is 14.0 Å². The molecule has 1 N–H and O–H groups in total. The minimum atomic E-state index is -0.261. The third kappa shape index (κ3) is 6.60. The Labute approximate surface area is 183 Å². The second-order valence-electron chi connectivity index (χ2n) is 8.27. The zero-order chi connectivity index (χ0) is 22.4. The van der Waals surface area contributed by atoms with Crippen LogP contribution in [0.3, 0.4) is 0 Å². The van der Waals surface area contributed by atoms with E-state index in [0.717, 1.165) is 22.4 Å². The van der Waals surface area contributed by atoms with E-state index >= 15 is 0 Å². The van der Waals surface area contributed by atoms with Crippen molar-refractivity contribution in [2.45, 2.75) is 20.4 Å². The van der Waals surface area contributed by atoms with Gasteiger partial charge in [-0.2, -0.15) is 0 Å². The van der Waals surface area contributed by atoms with E-state index in [1.807, 2.05) is 48.9 Å². The minimum Gasteiger partial charge on any atom is -0.339 e. The molecule has 166 valence electrons. The number of anilines is 1. The molecule has 0 aliphatic carbocycles. The van der Waals surface area contributed by atoms with Crippen LogP contribution in [-0.4, -0.2) is 72.8 Å². The highest BCUT2D eigenvalue weighted by atomic mass is 19.1. The Morgan fingerprint density at radius 1 is 1.00 bits per heavy atom. The second kappa shape index (κ2) is 10.5. The van der Waals surface area contributed by atoms with Crippen LogP contribution in [0.25, 0.3) is 0 Å². The molecule has 0 radical (unpaired) electrons. The first-order valence-electron chi connectivity index (χ1n) is 10.6. The quantitative estimate of drug-likeness (QED) is 0.740. The fraction of sp³-hybridized carbons (Fsp3) is 0.417. The lowest BCUT2D eigenvalue weighted by atomic mass is 10.1. The van der Waals surface area contributed by atoms with Crippen LogP contribution in [0.2, 0.25) is 0 Å². The molecular formula is C24H31FN4O2. The summed E-state index contributed by atoms with van der Waals surface area (Å²) in [6.07, 6.45) is 0. The minimum absolute atomic E-state index is 0.0313. The predicted octanol–water partition coefficient (Wildman–Crippen LogP) is 2.66. The number of nitrogens with zero attached hydrogens (tertiary/aromatic N) is 3. The highest BCUT2D eigenvalue weighted by Gasteiger charge is 2.23. The highest BCUT2D eigenvalue weighted by Crippen LogP contribution is 2.19. The molecule has 6 nitrogen and oxygen atoms in total. The van der Waals surface area contributed by atoms with Crippen LogP contribution < -0.4 is 5.32 Å². The summed E-state index contributed by atoms with van der Waals surface area (Å²) in [5.41, 5.74) is 3.95. The van der Waals surface area contributed by atoms with Gasteiger partial charge in [-0.15, -0.1) is 0 Å². The molecule has 2 aromatic rings. The molecule has 1 aliphatic heterocycles. The zero-order valence-electron chi connectivity index (χ0n) is 18.5. The molecule has 3 rings (SSSR count). The topological polar surface area (TPSA) is 55.9 Å². The van der Waals surface area contributed by atoms with Gasteiger partial charge < -0.3 is 10.2 Å². The van der Waals surface area contributed by atoms with E-state index in [1.165, 1.54) is 12.1 Å². The molecule has 31 heavy (non-hydrogen) atoms. The molecule has 0 aromatic heterocycles. The number of carbonyl (C=O) groups excluding carboxylic acids is 2. The maximum Gasteiger partial charge on any atom is 0.238 e. The van der Waals surface area contributed by atoms with E-state index in [4.69, 9.17) is 0 Å². The van der Waals surface area contributed by atoms with Gasteiger partial charge in [0.15, 0.2) is 0 Å². The molecule has 0 bridgehead atoms. The van der Waals surface area contributed by atoms with Crippen molar-refractivity contribution in [3.63, 3.8) is 0 Å². The van der Waals surface area contributed by atoms with E-state index in [1.54, 1.807) is 12.1 Å². The third-order valence-electron chi connectivity index (χ3n) is 5.61. The van der Waals surface area contributed by atoms with Crippen LogP contribution >= 0.6 is 0 Å². The van der Waals surface area contributed by atoms with Gasteiger partial charge in [-0.05, 0) is 49.7 Å². The number of rotatable bonds is 7. The average Bonchev–Trinajstić information content (AvgIpc) is 2.73. The van der Waals surface area contributed by atoms with Crippen molar-refractivity contribution in [1.29, 1.82) is 0 Å². The number of amides is 2. The molecule has 0 atom stereocenters. The van der Waals surface area contributed by atoms with E-state index in [2.05, 4.69) is 10.2 Å². The van der Waals surface area contributed by atoms with Crippen LogP contribution in [0.4, 0.5) is 10.1 Å². The lowest BCUT2D eigenvalue weighted by Gasteiger charge is -2.35. The fourth-order valence-electron chi connectivity index (χ4n) is 3.84. The summed E-state index contributed by atoms with van der Waals surface area (Å²) in [6.45, 7) is 7.76. The summed E-state index contributed by atoms with van der Waals surface area (Å²) in [6, 6.07) is 12.3. The van der Waals surface area contributed by atoms with Gasteiger partial charge in [0.05, 0.1) is 13.1 Å². The summed E-state index contributed by atoms with van der Waals surface area (Å²) < 4.78 is 13.0. The zero-order valence-corrected chi connectivity index (χ0v) is 18.5. The second-order valence-corrected chi connectivity index (χ2v) is 8.27. The van der Waals surface area contributed by atoms with E-state index in [-0.39, 0.29) is 17.6 Å². The van der Waals surface area contributed by atoms with Gasteiger partial charge in [-0.3, -0.25) is 19.4 Å². The molecule has 2 amide bonds. The van der Waals surface area contributed by atoms with E-state index in [9.17, 15) is 14.0 Å². The SMILES string of the molecule is Cc1cccc(C)c1NC(=O)CN1CCN(C(=O)CN(C)Cc2ccc(F)cc2)CC1. The maximum atomic E-state index is 13.0. The van der Waals surface area contributed by atoms with Gasteiger partial charge >= 0.3 is 0 Å². The van der Waals surface area contributed by atoms with E-state index in [0.29, 0.717) is 45.8 Å². The number of nitrogens with one attached hydrogen (secondary N) is 1. The van der Waals surface area contributed by atoms with Crippen molar-refractivity contribution in [2.24, 2.45) is 0 Å². The number of para-hydroxylation sites is 1. The van der Waals surface area contributed by atoms with Crippen LogP contribution in [0.1, 0.15) is 16.7 Å². The molecule has 1 heterocycles. The molecule has 0 saturated carbocycles. The molecule has 1 aliphatic rings. The Kier molecular flexibility index (Phi) is 7.76. The summed E-state index contributed by atoms with van der Waals surface area (Å²) in [5, 5.41) is 3.02. The number of carbonyl (C=O) groups is 2. The predicted molar refractivity (Wildman–Crippen MR) is 120 cm³/mol. The Morgan fingerprint density at radius 2 is 1.61 bits per heavy atom. The number of hydrogen-bond acceptors (Lipinski definition) is 4. The smallest absolute Gasteiger partial charge is 0.238 e. The molecule has 7 heteroatoms. The summed E-state index contributed by atoms with van der Waals surface area (Å²) >= 11 is 0. The molecule has 2 aromatic carbocycles. The number of hydrogen-bond donors (Lipinski definition) is 1. The van der Waals surface area contributed by atoms with E-state index < -0.39 is 0 Å². The van der Waals surface area contributed by atoms with Gasteiger partial charge in [-0.25, -0.2) is 4.39 Å². The first kappa shape index (κ1) is 22.9. The first-order valence-corrected chi connectivity index (χ1v) is 10.6. The monoisotopic (exact) mass is 426 g/mol. The fourth-order valence-corrected chi connectivity index (χ4v) is 3.84. The number of benzene rings is 2. The van der Waals surface area contributed by atoms with Gasteiger partial charge in [-0.1, -0.05) is 30.3 Å². The number of likely N-dealkylation sites (N-methyl/N-ethyl adjacent to an activating group) is 1. The standard InChI is InChI=1S/C24H31FN4O2/c1-18-5-4-6-19(2)24(18)26-22(30)16-28-11-13-29(14-12-28)23(31)17-27(3)15-20-7-9-21(25)10-8-20/h4-10H,11-17H2,1-3H3,(H,26,30). The molecule has 0 unspecified atom stereocenters. The van der Waals surface area contributed by atoms with Crippen molar-refractivity contribution in [1.82, 2.24) is 14.7 Å². The largest absolute Gasteiger partial charge is 0.339 e. The average molecular weight is 427 g/mol. The molecule has 0 spiro atoms. The van der Waals surface area contributed by atoms with Gasteiger partial charge in [0.2, 0.25) is 11.8 Å². The number of halogens is 1. The van der Waals surface area contributed by atoms with Crippen LogP contribution in [-0.2, 0) is 16.1 Å². The van der Waals surface area contributed by atoms with Crippen LogP contribution in [0.5, 0.6) is 0 Å². The number of piperazine rings is 1.